The van der Waals surface area contributed by atoms with E-state index in [1.807, 2.05) is 0 Å². The molecule has 0 saturated heterocycles. The summed E-state index contributed by atoms with van der Waals surface area (Å²) in [5, 5.41) is 8.90. The second kappa shape index (κ2) is 5.55. The number of carbonyl (C=O) groups is 1. The second-order valence-corrected chi connectivity index (χ2v) is 7.77. The summed E-state index contributed by atoms with van der Waals surface area (Å²) in [5.41, 5.74) is 0.413. The van der Waals surface area contributed by atoms with Crippen molar-refractivity contribution in [2.24, 2.45) is 0 Å². The minimum absolute atomic E-state index is 0.00122. The Morgan fingerprint density at radius 3 is 2.40 bits per heavy atom. The molecular weight excluding hydrogens is 366 g/mol. The molecule has 0 unspecified atom stereocenters. The molecule has 0 aliphatic heterocycles. The number of rotatable bonds is 4. The molecule has 1 heterocycles. The number of benzene rings is 1. The van der Waals surface area contributed by atoms with Crippen molar-refractivity contribution in [2.75, 3.05) is 4.72 Å². The molecule has 0 aliphatic rings. The van der Waals surface area contributed by atoms with Gasteiger partial charge in [-0.2, -0.15) is 0 Å². The average Bonchev–Trinajstić information content (AvgIpc) is 2.75. The van der Waals surface area contributed by atoms with Crippen molar-refractivity contribution in [3.05, 3.63) is 44.6 Å². The van der Waals surface area contributed by atoms with Crippen LogP contribution in [0.15, 0.2) is 39.7 Å². The number of thiophene rings is 1. The van der Waals surface area contributed by atoms with Crippen LogP contribution in [0.4, 0.5) is 5.69 Å². The molecule has 0 atom stereocenters. The second-order valence-electron chi connectivity index (χ2n) is 3.95. The number of aryl methyl sites for hydroxylation is 1. The molecule has 0 saturated carbocycles. The zero-order valence-electron chi connectivity index (χ0n) is 10.3. The first-order valence-corrected chi connectivity index (χ1v) is 8.51. The van der Waals surface area contributed by atoms with E-state index in [0.717, 1.165) is 15.8 Å². The molecule has 5 nitrogen and oxygen atoms in total. The van der Waals surface area contributed by atoms with Crippen LogP contribution >= 0.6 is 27.3 Å². The Bertz CT molecular complexity index is 750. The minimum Gasteiger partial charge on any atom is -0.477 e. The molecular formula is C12H10BrNO4S2. The van der Waals surface area contributed by atoms with E-state index >= 15 is 0 Å². The van der Waals surface area contributed by atoms with Gasteiger partial charge in [0.05, 0.1) is 0 Å². The predicted octanol–water partition coefficient (Wildman–Crippen LogP) is 3.32. The molecule has 2 N–H and O–H groups in total. The number of nitrogens with one attached hydrogen (secondary N) is 1. The van der Waals surface area contributed by atoms with Crippen LogP contribution in [0.3, 0.4) is 0 Å². The Morgan fingerprint density at radius 1 is 1.30 bits per heavy atom. The van der Waals surface area contributed by atoms with Crippen LogP contribution in [0.25, 0.3) is 0 Å². The lowest BCUT2D eigenvalue weighted by molar-refractivity contribution is 0.0702. The van der Waals surface area contributed by atoms with Gasteiger partial charge in [-0.1, -0.05) is 15.9 Å². The van der Waals surface area contributed by atoms with Gasteiger partial charge in [-0.15, -0.1) is 11.3 Å². The third-order valence-electron chi connectivity index (χ3n) is 2.47. The van der Waals surface area contributed by atoms with Gasteiger partial charge < -0.3 is 5.11 Å². The van der Waals surface area contributed by atoms with Crippen LogP contribution in [0.1, 0.15) is 14.5 Å². The largest absolute Gasteiger partial charge is 0.477 e. The zero-order valence-corrected chi connectivity index (χ0v) is 13.5. The zero-order chi connectivity index (χ0) is 14.9. The van der Waals surface area contributed by atoms with Crippen LogP contribution in [0, 0.1) is 6.92 Å². The van der Waals surface area contributed by atoms with E-state index < -0.39 is 16.0 Å². The highest BCUT2D eigenvalue weighted by Gasteiger charge is 2.22. The molecule has 1 aromatic heterocycles. The Morgan fingerprint density at radius 2 is 1.90 bits per heavy atom. The van der Waals surface area contributed by atoms with Crippen LogP contribution < -0.4 is 4.72 Å². The van der Waals surface area contributed by atoms with Crippen molar-refractivity contribution in [1.29, 1.82) is 0 Å². The smallest absolute Gasteiger partial charge is 0.345 e. The van der Waals surface area contributed by atoms with Gasteiger partial charge in [-0.3, -0.25) is 4.72 Å². The summed E-state index contributed by atoms with van der Waals surface area (Å²) in [6, 6.07) is 7.81. The number of sulfonamides is 1. The Balaban J connectivity index is 2.35. The molecule has 106 valence electrons. The van der Waals surface area contributed by atoms with Gasteiger partial charge >= 0.3 is 5.97 Å². The highest BCUT2D eigenvalue weighted by atomic mass is 79.9. The fourth-order valence-electron chi connectivity index (χ4n) is 1.57. The molecule has 0 amide bonds. The van der Waals surface area contributed by atoms with Gasteiger partial charge in [0.15, 0.2) is 0 Å². The topological polar surface area (TPSA) is 83.5 Å². The maximum absolute atomic E-state index is 12.2. The summed E-state index contributed by atoms with van der Waals surface area (Å²) < 4.78 is 27.7. The average molecular weight is 376 g/mol. The monoisotopic (exact) mass is 375 g/mol. The van der Waals surface area contributed by atoms with E-state index in [1.165, 1.54) is 6.07 Å². The number of aromatic carboxylic acids is 1. The Hall–Kier alpha value is -1.38. The lowest BCUT2D eigenvalue weighted by atomic mass is 10.3. The molecule has 2 rings (SSSR count). The van der Waals surface area contributed by atoms with E-state index in [2.05, 4.69) is 20.7 Å². The van der Waals surface area contributed by atoms with Gasteiger partial charge in [-0.05, 0) is 37.3 Å². The fraction of sp³-hybridized carbons (Fsp3) is 0.0833. The number of halogens is 1. The number of hydrogen-bond donors (Lipinski definition) is 2. The molecule has 0 radical (unpaired) electrons. The van der Waals surface area contributed by atoms with Crippen LogP contribution in [0.5, 0.6) is 0 Å². The van der Waals surface area contributed by atoms with Gasteiger partial charge in [0.2, 0.25) is 0 Å². The molecule has 8 heteroatoms. The highest BCUT2D eigenvalue weighted by molar-refractivity contribution is 9.10. The van der Waals surface area contributed by atoms with Crippen molar-refractivity contribution in [3.63, 3.8) is 0 Å². The third kappa shape index (κ3) is 3.20. The van der Waals surface area contributed by atoms with Gasteiger partial charge in [0, 0.05) is 15.0 Å². The van der Waals surface area contributed by atoms with E-state index in [4.69, 9.17) is 5.11 Å². The lowest BCUT2D eigenvalue weighted by Gasteiger charge is -2.07. The first-order valence-electron chi connectivity index (χ1n) is 5.42. The number of carboxylic acid groups (broad SMARTS) is 1. The van der Waals surface area contributed by atoms with Crippen molar-refractivity contribution in [3.8, 4) is 0 Å². The SMILES string of the molecule is Cc1sc(C(=O)O)cc1S(=O)(=O)Nc1ccc(Br)cc1. The molecule has 0 aliphatic carbocycles. The minimum atomic E-state index is -3.79. The molecule has 0 bridgehead atoms. The van der Waals surface area contributed by atoms with E-state index in [-0.39, 0.29) is 9.77 Å². The normalized spacial score (nSPS) is 11.3. The van der Waals surface area contributed by atoms with Crippen molar-refractivity contribution in [1.82, 2.24) is 0 Å². The molecule has 0 spiro atoms. The maximum atomic E-state index is 12.2. The van der Waals surface area contributed by atoms with Crippen LogP contribution in [-0.4, -0.2) is 19.5 Å². The summed E-state index contributed by atoms with van der Waals surface area (Å²) in [6.07, 6.45) is 0. The van der Waals surface area contributed by atoms with Gasteiger partial charge in [0.25, 0.3) is 10.0 Å². The fourth-order valence-corrected chi connectivity index (χ4v) is 4.32. The van der Waals surface area contributed by atoms with E-state index in [9.17, 15) is 13.2 Å². The summed E-state index contributed by atoms with van der Waals surface area (Å²) in [5.74, 6) is -1.14. The predicted molar refractivity (Wildman–Crippen MR) is 81.0 cm³/mol. The first kappa shape index (κ1) is 15.0. The summed E-state index contributed by atoms with van der Waals surface area (Å²) in [4.78, 5) is 11.3. The van der Waals surface area contributed by atoms with Gasteiger partial charge in [-0.25, -0.2) is 13.2 Å². The van der Waals surface area contributed by atoms with Crippen LogP contribution in [-0.2, 0) is 10.0 Å². The van der Waals surface area contributed by atoms with E-state index in [0.29, 0.717) is 10.6 Å². The summed E-state index contributed by atoms with van der Waals surface area (Å²) in [6.45, 7) is 1.58. The van der Waals surface area contributed by atoms with Crippen LogP contribution in [0.2, 0.25) is 0 Å². The maximum Gasteiger partial charge on any atom is 0.345 e. The molecule has 0 fully saturated rings. The standard InChI is InChI=1S/C12H10BrNO4S2/c1-7-11(6-10(19-7)12(15)16)20(17,18)14-9-4-2-8(13)3-5-9/h2-6,14H,1H3,(H,15,16). The lowest BCUT2D eigenvalue weighted by Crippen LogP contribution is -2.13. The number of hydrogen-bond acceptors (Lipinski definition) is 4. The number of anilines is 1. The van der Waals surface area contributed by atoms with Gasteiger partial charge in [0.1, 0.15) is 9.77 Å². The summed E-state index contributed by atoms with van der Waals surface area (Å²) >= 11 is 4.20. The first-order chi connectivity index (χ1) is 9.29. The van der Waals surface area contributed by atoms with Crippen molar-refractivity contribution in [2.45, 2.75) is 11.8 Å². The molecule has 2 aromatic rings. The Kier molecular flexibility index (Phi) is 4.17. The van der Waals surface area contributed by atoms with E-state index in [1.54, 1.807) is 31.2 Å². The quantitative estimate of drug-likeness (QED) is 0.858. The van der Waals surface area contributed by atoms with Crippen molar-refractivity contribution < 1.29 is 18.3 Å². The van der Waals surface area contributed by atoms with Crippen molar-refractivity contribution >= 4 is 48.9 Å². The summed E-state index contributed by atoms with van der Waals surface area (Å²) in [7, 11) is -3.79. The number of carboxylic acids is 1. The molecule has 20 heavy (non-hydrogen) atoms. The Labute approximate surface area is 128 Å². The third-order valence-corrected chi connectivity index (χ3v) is 5.67. The highest BCUT2D eigenvalue weighted by Crippen LogP contribution is 2.27. The molecule has 1 aromatic carbocycles.